The quantitative estimate of drug-likeness (QED) is 0.812. The van der Waals surface area contributed by atoms with Crippen molar-refractivity contribution in [2.75, 3.05) is 0 Å². The van der Waals surface area contributed by atoms with Crippen molar-refractivity contribution in [3.63, 3.8) is 0 Å². The van der Waals surface area contributed by atoms with Gasteiger partial charge in [-0.2, -0.15) is 28.6 Å². The normalized spacial score (nSPS) is 14.3. The van der Waals surface area contributed by atoms with Crippen LogP contribution in [0.5, 0.6) is 0 Å². The van der Waals surface area contributed by atoms with E-state index in [0.717, 1.165) is 13.0 Å². The van der Waals surface area contributed by atoms with E-state index in [1.165, 1.54) is 12.3 Å². The second-order valence-corrected chi connectivity index (χ2v) is 3.25. The zero-order valence-corrected chi connectivity index (χ0v) is 8.97. The molecule has 0 aromatic carbocycles. The van der Waals surface area contributed by atoms with E-state index in [9.17, 15) is 13.2 Å². The van der Waals surface area contributed by atoms with Gasteiger partial charge < -0.3 is 0 Å². The van der Waals surface area contributed by atoms with E-state index < -0.39 is 11.7 Å². The zero-order chi connectivity index (χ0) is 12.2. The highest BCUT2D eigenvalue weighted by Gasteiger charge is 2.29. The third-order valence-corrected chi connectivity index (χ3v) is 2.11. The van der Waals surface area contributed by atoms with Crippen LogP contribution in [-0.4, -0.2) is 21.6 Å². The van der Waals surface area contributed by atoms with E-state index in [2.05, 4.69) is 15.4 Å². The summed E-state index contributed by atoms with van der Waals surface area (Å²) in [6.45, 7) is 2.88. The van der Waals surface area contributed by atoms with Crippen LogP contribution >= 0.6 is 0 Å². The van der Waals surface area contributed by atoms with Crippen LogP contribution in [0, 0.1) is 0 Å². The number of hydrogen-bond acceptors (Lipinski definition) is 2. The van der Waals surface area contributed by atoms with Gasteiger partial charge in [0.05, 0.1) is 6.20 Å². The number of H-pyrrole nitrogens is 1. The van der Waals surface area contributed by atoms with Crippen molar-refractivity contribution >= 4 is 5.57 Å². The number of hydrogen-bond donors (Lipinski definition) is 1. The first-order valence-electron chi connectivity index (χ1n) is 4.76. The van der Waals surface area contributed by atoms with Crippen LogP contribution in [0.4, 0.5) is 13.2 Å². The Morgan fingerprint density at radius 2 is 2.12 bits per heavy atom. The summed E-state index contributed by atoms with van der Waals surface area (Å²) in [6, 6.07) is 0. The second kappa shape index (κ2) is 4.96. The van der Waals surface area contributed by atoms with Gasteiger partial charge in [0.1, 0.15) is 5.69 Å². The molecular weight excluding hydrogens is 219 g/mol. The predicted octanol–water partition coefficient (Wildman–Crippen LogP) is 3.11. The van der Waals surface area contributed by atoms with Crippen molar-refractivity contribution in [2.24, 2.45) is 0 Å². The molecule has 16 heavy (non-hydrogen) atoms. The minimum absolute atomic E-state index is 0.564. The fourth-order valence-electron chi connectivity index (χ4n) is 1.06. The van der Waals surface area contributed by atoms with Gasteiger partial charge in [-0.3, -0.25) is 0 Å². The van der Waals surface area contributed by atoms with Gasteiger partial charge in [0.25, 0.3) is 0 Å². The summed E-state index contributed by atoms with van der Waals surface area (Å²) >= 11 is 0. The van der Waals surface area contributed by atoms with Gasteiger partial charge in [-0.15, -0.1) is 0 Å². The predicted molar refractivity (Wildman–Crippen MR) is 54.5 cm³/mol. The molecule has 0 aliphatic heterocycles. The molecule has 0 unspecified atom stereocenters. The molecule has 0 aliphatic carbocycles. The molecule has 0 saturated heterocycles. The molecule has 1 aromatic heterocycles. The summed E-state index contributed by atoms with van der Waals surface area (Å²) in [6.07, 6.45) is 0.258. The van der Waals surface area contributed by atoms with Gasteiger partial charge >= 0.3 is 6.18 Å². The third kappa shape index (κ3) is 3.22. The lowest BCUT2D eigenvalue weighted by molar-refractivity contribution is -0.0912. The van der Waals surface area contributed by atoms with Crippen LogP contribution in [0.15, 0.2) is 23.9 Å². The molecule has 0 bridgehead atoms. The molecule has 1 N–H and O–H groups in total. The molecular formula is C10H12F3N3. The molecule has 0 fully saturated rings. The number of aromatic amines is 1. The van der Waals surface area contributed by atoms with Crippen LogP contribution in [0.3, 0.4) is 0 Å². The van der Waals surface area contributed by atoms with E-state index in [4.69, 9.17) is 0 Å². The minimum atomic E-state index is -4.28. The lowest BCUT2D eigenvalue weighted by atomic mass is 10.1. The molecule has 1 aromatic rings. The highest BCUT2D eigenvalue weighted by molar-refractivity contribution is 5.63. The molecule has 1 heterocycles. The highest BCUT2D eigenvalue weighted by atomic mass is 19.4. The molecule has 0 amide bonds. The van der Waals surface area contributed by atoms with Crippen molar-refractivity contribution in [3.8, 4) is 0 Å². The zero-order valence-electron chi connectivity index (χ0n) is 8.97. The van der Waals surface area contributed by atoms with E-state index in [-0.39, 0.29) is 0 Å². The number of nitrogens with zero attached hydrogens (tertiary/aromatic N) is 2. The summed E-state index contributed by atoms with van der Waals surface area (Å²) < 4.78 is 36.6. The topological polar surface area (TPSA) is 41.6 Å². The Morgan fingerprint density at radius 3 is 2.56 bits per heavy atom. The largest absolute Gasteiger partial charge is 0.412 e. The van der Waals surface area contributed by atoms with Gasteiger partial charge in [0.15, 0.2) is 0 Å². The van der Waals surface area contributed by atoms with E-state index in [1.54, 1.807) is 0 Å². The number of alkyl halides is 3. The molecule has 0 spiro atoms. The number of halogens is 3. The highest BCUT2D eigenvalue weighted by Crippen LogP contribution is 2.25. The number of aromatic nitrogens is 3. The average molecular weight is 231 g/mol. The van der Waals surface area contributed by atoms with Crippen LogP contribution < -0.4 is 0 Å². The Morgan fingerprint density at radius 1 is 1.44 bits per heavy atom. The molecule has 88 valence electrons. The Kier molecular flexibility index (Phi) is 3.87. The standard InChI is InChI=1S/C10H12F3N3/c1-3-8(9-6-14-16-15-9)5-4-7(2)10(11,12)13/h4-6H,3H2,1-2H3,(H,14,15,16)/b7-4+,8-5+. The molecule has 0 saturated carbocycles. The maximum atomic E-state index is 12.2. The Balaban J connectivity index is 2.91. The summed E-state index contributed by atoms with van der Waals surface area (Å²) in [4.78, 5) is 0. The maximum absolute atomic E-state index is 12.2. The monoisotopic (exact) mass is 231 g/mol. The summed E-state index contributed by atoms with van der Waals surface area (Å²) in [5.74, 6) is 0. The number of nitrogens with one attached hydrogen (secondary N) is 1. The average Bonchev–Trinajstić information content (AvgIpc) is 2.70. The Hall–Kier alpha value is -1.59. The van der Waals surface area contributed by atoms with E-state index >= 15 is 0 Å². The van der Waals surface area contributed by atoms with Gasteiger partial charge in [0.2, 0.25) is 0 Å². The van der Waals surface area contributed by atoms with Crippen LogP contribution in [0.2, 0.25) is 0 Å². The number of allylic oxidation sites excluding steroid dienone is 4. The van der Waals surface area contributed by atoms with Crippen molar-refractivity contribution in [1.29, 1.82) is 0 Å². The minimum Gasteiger partial charge on any atom is -0.197 e. The van der Waals surface area contributed by atoms with E-state index in [1.807, 2.05) is 6.92 Å². The maximum Gasteiger partial charge on any atom is 0.412 e. The van der Waals surface area contributed by atoms with Crippen LogP contribution in [0.1, 0.15) is 26.0 Å². The lowest BCUT2D eigenvalue weighted by Gasteiger charge is -2.05. The van der Waals surface area contributed by atoms with Crippen molar-refractivity contribution in [2.45, 2.75) is 26.4 Å². The van der Waals surface area contributed by atoms with Gasteiger partial charge in [-0.25, -0.2) is 0 Å². The van der Waals surface area contributed by atoms with Crippen molar-refractivity contribution in [1.82, 2.24) is 15.4 Å². The second-order valence-electron chi connectivity index (χ2n) is 3.25. The first-order chi connectivity index (χ1) is 7.45. The summed E-state index contributed by atoms with van der Waals surface area (Å²) in [5.41, 5.74) is 0.632. The molecule has 1 rings (SSSR count). The number of rotatable bonds is 3. The summed E-state index contributed by atoms with van der Waals surface area (Å²) in [5, 5.41) is 9.84. The van der Waals surface area contributed by atoms with Gasteiger partial charge in [-0.05, 0) is 18.9 Å². The smallest absolute Gasteiger partial charge is 0.197 e. The first-order valence-corrected chi connectivity index (χ1v) is 4.76. The molecule has 6 heteroatoms. The fraction of sp³-hybridized carbons (Fsp3) is 0.400. The lowest BCUT2D eigenvalue weighted by Crippen LogP contribution is -2.08. The van der Waals surface area contributed by atoms with Crippen molar-refractivity contribution in [3.05, 3.63) is 29.6 Å². The van der Waals surface area contributed by atoms with Crippen molar-refractivity contribution < 1.29 is 13.2 Å². The van der Waals surface area contributed by atoms with Crippen LogP contribution in [-0.2, 0) is 0 Å². The SMILES string of the molecule is CC/C(=C\C=C(/C)C(F)(F)F)c1cn[nH]n1. The first kappa shape index (κ1) is 12.5. The van der Waals surface area contributed by atoms with Gasteiger partial charge in [0, 0.05) is 5.57 Å². The summed E-state index contributed by atoms with van der Waals surface area (Å²) in [7, 11) is 0. The molecule has 0 radical (unpaired) electrons. The molecule has 0 atom stereocenters. The Labute approximate surface area is 91.1 Å². The fourth-order valence-corrected chi connectivity index (χ4v) is 1.06. The molecule has 3 nitrogen and oxygen atoms in total. The molecule has 0 aliphatic rings. The van der Waals surface area contributed by atoms with Gasteiger partial charge in [-0.1, -0.05) is 19.1 Å². The van der Waals surface area contributed by atoms with E-state index in [0.29, 0.717) is 17.7 Å². The third-order valence-electron chi connectivity index (χ3n) is 2.11. The van der Waals surface area contributed by atoms with Crippen LogP contribution in [0.25, 0.3) is 5.57 Å². The Bertz CT molecular complexity index is 388.